The minimum atomic E-state index is -4.78. The van der Waals surface area contributed by atoms with Crippen LogP contribution < -0.4 is 4.72 Å². The van der Waals surface area contributed by atoms with E-state index in [9.17, 15) is 21.6 Å². The summed E-state index contributed by atoms with van der Waals surface area (Å²) < 4.78 is 65.2. The van der Waals surface area contributed by atoms with Crippen LogP contribution in [0.2, 0.25) is 15.1 Å². The Kier molecular flexibility index (Phi) is 5.30. The van der Waals surface area contributed by atoms with Crippen molar-refractivity contribution >= 4 is 50.5 Å². The van der Waals surface area contributed by atoms with Gasteiger partial charge in [-0.15, -0.1) is 0 Å². The van der Waals surface area contributed by atoms with Crippen LogP contribution in [0.3, 0.4) is 0 Å². The second-order valence-corrected chi connectivity index (χ2v) is 7.67. The molecule has 2 aromatic carbocycles. The number of halogens is 6. The Morgan fingerprint density at radius 2 is 1.54 bits per heavy atom. The Labute approximate surface area is 151 Å². The van der Waals surface area contributed by atoms with Crippen LogP contribution in [0.15, 0.2) is 35.2 Å². The summed E-state index contributed by atoms with van der Waals surface area (Å²) in [6, 6.07) is 6.33. The van der Waals surface area contributed by atoms with Gasteiger partial charge in [0, 0.05) is 0 Å². The number of nitrogens with one attached hydrogen (secondary N) is 1. The predicted octanol–water partition coefficient (Wildman–Crippen LogP) is 5.77. The van der Waals surface area contributed by atoms with E-state index in [4.69, 9.17) is 34.8 Å². The molecule has 0 bridgehead atoms. The summed E-state index contributed by atoms with van der Waals surface area (Å²) in [6.07, 6.45) is -4.78. The highest BCUT2D eigenvalue weighted by Gasteiger charge is 2.36. The highest BCUT2D eigenvalue weighted by molar-refractivity contribution is 7.92. The van der Waals surface area contributed by atoms with E-state index in [-0.39, 0.29) is 4.90 Å². The summed E-state index contributed by atoms with van der Waals surface area (Å²) in [5.41, 5.74) is -0.836. The molecule has 0 fully saturated rings. The van der Waals surface area contributed by atoms with Crippen LogP contribution in [0.4, 0.5) is 18.9 Å². The lowest BCUT2D eigenvalue weighted by Crippen LogP contribution is -2.15. The zero-order valence-corrected chi connectivity index (χ0v) is 15.0. The molecule has 0 aliphatic carbocycles. The maximum absolute atomic E-state index is 12.8. The van der Waals surface area contributed by atoms with Gasteiger partial charge in [-0.05, 0) is 25.1 Å². The second kappa shape index (κ2) is 6.63. The van der Waals surface area contributed by atoms with Gasteiger partial charge < -0.3 is 0 Å². The van der Waals surface area contributed by atoms with Crippen LogP contribution in [0, 0.1) is 6.92 Å². The highest BCUT2D eigenvalue weighted by atomic mass is 35.5. The fourth-order valence-corrected chi connectivity index (χ4v) is 3.82. The SMILES string of the molecule is Cc1ccc(S(=O)(=O)Nc2c(Cl)cc(C(F)(F)F)c(Cl)c2Cl)cc1. The first kappa shape index (κ1) is 19.2. The molecule has 0 aromatic heterocycles. The molecular weight excluding hydrogens is 410 g/mol. The number of hydrogen-bond donors (Lipinski definition) is 1. The van der Waals surface area contributed by atoms with E-state index in [0.717, 1.165) is 5.56 Å². The summed E-state index contributed by atoms with van der Waals surface area (Å²) in [4.78, 5) is -0.101. The van der Waals surface area contributed by atoms with Gasteiger partial charge in [-0.3, -0.25) is 4.72 Å². The minimum Gasteiger partial charge on any atom is -0.277 e. The fraction of sp³-hybridized carbons (Fsp3) is 0.143. The van der Waals surface area contributed by atoms with E-state index >= 15 is 0 Å². The summed E-state index contributed by atoms with van der Waals surface area (Å²) in [5, 5.41) is -1.99. The Morgan fingerprint density at radius 3 is 2.04 bits per heavy atom. The van der Waals surface area contributed by atoms with Crippen molar-refractivity contribution in [3.8, 4) is 0 Å². The Hall–Kier alpha value is -1.15. The maximum Gasteiger partial charge on any atom is 0.417 e. The number of rotatable bonds is 3. The first-order valence-electron chi connectivity index (χ1n) is 6.27. The third-order valence-corrected chi connectivity index (χ3v) is 5.56. The first-order valence-corrected chi connectivity index (χ1v) is 8.89. The van der Waals surface area contributed by atoms with Crippen molar-refractivity contribution in [3.05, 3.63) is 56.5 Å². The molecule has 24 heavy (non-hydrogen) atoms. The van der Waals surface area contributed by atoms with Crippen molar-refractivity contribution in [3.63, 3.8) is 0 Å². The van der Waals surface area contributed by atoms with Crippen LogP contribution in [0.5, 0.6) is 0 Å². The number of aryl methyl sites for hydroxylation is 1. The number of benzene rings is 2. The number of alkyl halides is 3. The molecule has 3 nitrogen and oxygen atoms in total. The molecule has 1 N–H and O–H groups in total. The van der Waals surface area contributed by atoms with E-state index in [1.807, 2.05) is 0 Å². The van der Waals surface area contributed by atoms with Gasteiger partial charge in [-0.2, -0.15) is 13.2 Å². The van der Waals surface area contributed by atoms with Crippen LogP contribution in [0.1, 0.15) is 11.1 Å². The van der Waals surface area contributed by atoms with Gasteiger partial charge in [-0.1, -0.05) is 52.5 Å². The van der Waals surface area contributed by atoms with E-state index in [1.54, 1.807) is 19.1 Å². The number of anilines is 1. The molecule has 0 aliphatic heterocycles. The first-order chi connectivity index (χ1) is 10.9. The predicted molar refractivity (Wildman–Crippen MR) is 88.5 cm³/mol. The monoisotopic (exact) mass is 417 g/mol. The minimum absolute atomic E-state index is 0.101. The number of hydrogen-bond acceptors (Lipinski definition) is 2. The third kappa shape index (κ3) is 3.91. The molecule has 0 heterocycles. The van der Waals surface area contributed by atoms with Gasteiger partial charge in [0.25, 0.3) is 10.0 Å². The zero-order chi connectivity index (χ0) is 18.3. The molecule has 0 radical (unpaired) electrons. The van der Waals surface area contributed by atoms with Crippen molar-refractivity contribution in [1.29, 1.82) is 0 Å². The van der Waals surface area contributed by atoms with Crippen molar-refractivity contribution in [1.82, 2.24) is 0 Å². The molecule has 0 saturated heterocycles. The molecule has 2 aromatic rings. The second-order valence-electron chi connectivity index (χ2n) is 4.83. The fourth-order valence-electron chi connectivity index (χ4n) is 1.81. The van der Waals surface area contributed by atoms with Crippen LogP contribution >= 0.6 is 34.8 Å². The van der Waals surface area contributed by atoms with Crippen molar-refractivity contribution in [2.45, 2.75) is 18.0 Å². The van der Waals surface area contributed by atoms with E-state index in [0.29, 0.717) is 6.07 Å². The highest BCUT2D eigenvalue weighted by Crippen LogP contribution is 2.45. The van der Waals surface area contributed by atoms with E-state index < -0.39 is 42.5 Å². The molecule has 10 heteroatoms. The molecule has 0 amide bonds. The summed E-state index contributed by atoms with van der Waals surface area (Å²) >= 11 is 17.2. The van der Waals surface area contributed by atoms with Crippen LogP contribution in [0.25, 0.3) is 0 Å². The normalized spacial score (nSPS) is 12.3. The Morgan fingerprint density at radius 1 is 1.00 bits per heavy atom. The molecule has 0 saturated carbocycles. The Bertz CT molecular complexity index is 882. The van der Waals surface area contributed by atoms with Crippen LogP contribution in [-0.4, -0.2) is 8.42 Å². The van der Waals surface area contributed by atoms with Gasteiger partial charge in [0.2, 0.25) is 0 Å². The molecule has 130 valence electrons. The average molecular weight is 419 g/mol. The van der Waals surface area contributed by atoms with Gasteiger partial charge in [-0.25, -0.2) is 8.42 Å². The lowest BCUT2D eigenvalue weighted by molar-refractivity contribution is -0.137. The zero-order valence-electron chi connectivity index (χ0n) is 11.9. The molecule has 0 spiro atoms. The van der Waals surface area contributed by atoms with Crippen molar-refractivity contribution in [2.24, 2.45) is 0 Å². The number of sulfonamides is 1. The molecule has 2 rings (SSSR count). The Balaban J connectivity index is 2.51. The smallest absolute Gasteiger partial charge is 0.277 e. The largest absolute Gasteiger partial charge is 0.417 e. The van der Waals surface area contributed by atoms with Crippen molar-refractivity contribution in [2.75, 3.05) is 4.72 Å². The third-order valence-electron chi connectivity index (χ3n) is 3.03. The summed E-state index contributed by atoms with van der Waals surface area (Å²) in [5.74, 6) is 0. The lowest BCUT2D eigenvalue weighted by atomic mass is 10.2. The molecular formula is C14H9Cl3F3NO2S. The van der Waals surface area contributed by atoms with Crippen molar-refractivity contribution < 1.29 is 21.6 Å². The topological polar surface area (TPSA) is 46.2 Å². The lowest BCUT2D eigenvalue weighted by Gasteiger charge is -2.16. The van der Waals surface area contributed by atoms with E-state index in [2.05, 4.69) is 4.72 Å². The summed E-state index contributed by atoms with van der Waals surface area (Å²) in [6.45, 7) is 1.77. The maximum atomic E-state index is 12.8. The molecule has 0 unspecified atom stereocenters. The van der Waals surface area contributed by atoms with Gasteiger partial charge in [0.05, 0.1) is 31.2 Å². The van der Waals surface area contributed by atoms with Crippen LogP contribution in [-0.2, 0) is 16.2 Å². The van der Waals surface area contributed by atoms with Gasteiger partial charge in [0.1, 0.15) is 0 Å². The van der Waals surface area contributed by atoms with E-state index in [1.165, 1.54) is 12.1 Å². The molecule has 0 atom stereocenters. The average Bonchev–Trinajstić information content (AvgIpc) is 2.46. The quantitative estimate of drug-likeness (QED) is 0.643. The van der Waals surface area contributed by atoms with Gasteiger partial charge >= 0.3 is 6.18 Å². The molecule has 0 aliphatic rings. The standard InChI is InChI=1S/C14H9Cl3F3NO2S/c1-7-2-4-8(5-3-7)24(22,23)21-13-10(15)6-9(14(18,19)20)11(16)12(13)17/h2-6,21H,1H3. The van der Waals surface area contributed by atoms with Gasteiger partial charge in [0.15, 0.2) is 0 Å². The summed E-state index contributed by atoms with van der Waals surface area (Å²) in [7, 11) is -4.10.